The van der Waals surface area contributed by atoms with E-state index in [-0.39, 0.29) is 35.5 Å². The van der Waals surface area contributed by atoms with Gasteiger partial charge in [0.15, 0.2) is 0 Å². The van der Waals surface area contributed by atoms with E-state index in [1.165, 1.54) is 11.8 Å². The van der Waals surface area contributed by atoms with Gasteiger partial charge in [-0.2, -0.15) is 11.8 Å². The van der Waals surface area contributed by atoms with Gasteiger partial charge in [0.05, 0.1) is 0 Å². The molecular weight excluding hydrogens is 147 g/mol. The van der Waals surface area contributed by atoms with E-state index >= 15 is 0 Å². The van der Waals surface area contributed by atoms with Crippen molar-refractivity contribution in [1.82, 2.24) is 0 Å². The van der Waals surface area contributed by atoms with Crippen molar-refractivity contribution in [1.29, 1.82) is 0 Å². The summed E-state index contributed by atoms with van der Waals surface area (Å²) in [4.78, 5) is 9.96. The van der Waals surface area contributed by atoms with Gasteiger partial charge in [-0.05, 0) is 6.26 Å². The zero-order chi connectivity index (χ0) is 6.57. The third-order valence-electron chi connectivity index (χ3n) is 0.819. The van der Waals surface area contributed by atoms with Gasteiger partial charge in [0.2, 0.25) is 0 Å². The molecule has 0 aromatic carbocycles. The predicted molar refractivity (Wildman–Crippen MR) is 32.6 cm³/mol. The quantitative estimate of drug-likeness (QED) is 0.403. The number of aliphatic carboxylic acids is 1. The van der Waals surface area contributed by atoms with Crippen LogP contribution in [0, 0.1) is 5.92 Å². The van der Waals surface area contributed by atoms with E-state index in [2.05, 4.69) is 0 Å². The average Bonchev–Trinajstić information content (AvgIpc) is 1.67. The topological polar surface area (TPSA) is 40.1 Å². The molecule has 2 nitrogen and oxygen atoms in total. The monoisotopic (exact) mass is 156 g/mol. The van der Waals surface area contributed by atoms with E-state index in [1.807, 2.05) is 6.26 Å². The Labute approximate surface area is 81.7 Å². The fourth-order valence-electron chi connectivity index (χ4n) is 0.318. The van der Waals surface area contributed by atoms with Crippen LogP contribution < -0.4 is 34.7 Å². The van der Waals surface area contributed by atoms with Crippen LogP contribution in [-0.4, -0.2) is 18.0 Å². The second-order valence-corrected chi connectivity index (χ2v) is 2.59. The fraction of sp³-hybridized carbons (Fsp3) is 0.800. The Morgan fingerprint density at radius 2 is 2.22 bits per heavy atom. The largest absolute Gasteiger partial charge is 1.00 e. The first-order chi connectivity index (χ1) is 3.68. The Kier molecular flexibility index (Phi) is 9.62. The average molecular weight is 156 g/mol. The Bertz CT molecular complexity index is 87.0. The molecule has 48 valence electrons. The van der Waals surface area contributed by atoms with E-state index in [4.69, 9.17) is 0 Å². The molecule has 0 spiro atoms. The maximum Gasteiger partial charge on any atom is 1.00 e. The fourth-order valence-corrected chi connectivity index (χ4v) is 0.954. The molecule has 0 saturated heterocycles. The Morgan fingerprint density at radius 1 is 1.78 bits per heavy atom. The molecule has 1 unspecified atom stereocenters. The Morgan fingerprint density at radius 3 is 2.33 bits per heavy atom. The minimum atomic E-state index is -0.959. The van der Waals surface area contributed by atoms with Crippen LogP contribution in [0.3, 0.4) is 0 Å². The van der Waals surface area contributed by atoms with Crippen molar-refractivity contribution in [3.8, 4) is 0 Å². The number of carbonyl (C=O) groups is 1. The van der Waals surface area contributed by atoms with Gasteiger partial charge in [-0.15, -0.1) is 0 Å². The van der Waals surface area contributed by atoms with Gasteiger partial charge >= 0.3 is 29.6 Å². The van der Waals surface area contributed by atoms with Crippen LogP contribution in [0.15, 0.2) is 0 Å². The first-order valence-electron chi connectivity index (χ1n) is 2.38. The first kappa shape index (κ1) is 12.5. The number of carboxylic acids is 1. The molecule has 4 heteroatoms. The molecule has 0 aromatic rings. The summed E-state index contributed by atoms with van der Waals surface area (Å²) in [5.74, 6) is -0.633. The van der Waals surface area contributed by atoms with Crippen LogP contribution in [0.5, 0.6) is 0 Å². The number of thioether (sulfide) groups is 1. The molecule has 0 aliphatic carbocycles. The number of carbonyl (C=O) groups excluding carboxylic acids is 1. The second-order valence-electron chi connectivity index (χ2n) is 1.68. The van der Waals surface area contributed by atoms with Crippen molar-refractivity contribution in [3.63, 3.8) is 0 Å². The molecule has 0 aliphatic heterocycles. The van der Waals surface area contributed by atoms with Gasteiger partial charge in [-0.3, -0.25) is 0 Å². The van der Waals surface area contributed by atoms with Gasteiger partial charge in [-0.1, -0.05) is 6.92 Å². The van der Waals surface area contributed by atoms with Crippen LogP contribution in [0.1, 0.15) is 6.92 Å². The SMILES string of the molecule is CSCC(C)C(=O)[O-].[Na+]. The van der Waals surface area contributed by atoms with E-state index in [9.17, 15) is 9.90 Å². The van der Waals surface area contributed by atoms with Gasteiger partial charge in [-0.25, -0.2) is 0 Å². The number of rotatable bonds is 3. The van der Waals surface area contributed by atoms with Crippen LogP contribution >= 0.6 is 11.8 Å². The number of carboxylic acid groups (broad SMARTS) is 1. The summed E-state index contributed by atoms with van der Waals surface area (Å²) in [5.41, 5.74) is 0. The molecule has 0 aliphatic rings. The molecule has 0 bridgehead atoms. The van der Waals surface area contributed by atoms with Gasteiger partial charge in [0.25, 0.3) is 0 Å². The summed E-state index contributed by atoms with van der Waals surface area (Å²) in [6.45, 7) is 1.64. The molecule has 0 rings (SSSR count). The second kappa shape index (κ2) is 6.93. The third kappa shape index (κ3) is 6.71. The molecule has 0 fully saturated rings. The molecule has 0 N–H and O–H groups in total. The standard InChI is InChI=1S/C5H10O2S.Na/c1-4(3-8-2)5(6)7;/h4H,3H2,1-2H3,(H,6,7);/q;+1/p-1. The summed E-state index contributed by atoms with van der Waals surface area (Å²) in [6.07, 6.45) is 1.87. The zero-order valence-corrected chi connectivity index (χ0v) is 8.83. The molecule has 1 atom stereocenters. The van der Waals surface area contributed by atoms with Gasteiger partial charge in [0.1, 0.15) is 0 Å². The van der Waals surface area contributed by atoms with Crippen molar-refractivity contribution < 1.29 is 39.5 Å². The van der Waals surface area contributed by atoms with Crippen molar-refractivity contribution in [2.24, 2.45) is 5.92 Å². The van der Waals surface area contributed by atoms with Crippen LogP contribution in [0.4, 0.5) is 0 Å². The molecule has 0 aromatic heterocycles. The van der Waals surface area contributed by atoms with Gasteiger partial charge in [0, 0.05) is 17.6 Å². The first-order valence-corrected chi connectivity index (χ1v) is 3.77. The summed E-state index contributed by atoms with van der Waals surface area (Å²) in [7, 11) is 0. The summed E-state index contributed by atoms with van der Waals surface area (Å²) < 4.78 is 0. The van der Waals surface area contributed by atoms with E-state index in [1.54, 1.807) is 6.92 Å². The van der Waals surface area contributed by atoms with Crippen LogP contribution in [0.2, 0.25) is 0 Å². The maximum atomic E-state index is 9.96. The number of hydrogen-bond donors (Lipinski definition) is 0. The predicted octanol–water partition coefficient (Wildman–Crippen LogP) is -3.26. The van der Waals surface area contributed by atoms with Crippen molar-refractivity contribution >= 4 is 17.7 Å². The summed E-state index contributed by atoms with van der Waals surface area (Å²) >= 11 is 1.52. The maximum absolute atomic E-state index is 9.96. The Balaban J connectivity index is 0. The summed E-state index contributed by atoms with van der Waals surface area (Å²) in [5, 5.41) is 9.96. The third-order valence-corrected chi connectivity index (χ3v) is 1.65. The Hall–Kier alpha value is 0.820. The smallest absolute Gasteiger partial charge is 0.550 e. The molecule has 0 radical (unpaired) electrons. The van der Waals surface area contributed by atoms with Crippen molar-refractivity contribution in [3.05, 3.63) is 0 Å². The van der Waals surface area contributed by atoms with E-state index in [0.29, 0.717) is 5.75 Å². The number of hydrogen-bond acceptors (Lipinski definition) is 3. The molecule has 0 amide bonds. The van der Waals surface area contributed by atoms with Crippen molar-refractivity contribution in [2.75, 3.05) is 12.0 Å². The normalized spacial score (nSPS) is 11.8. The molecule has 0 saturated carbocycles. The van der Waals surface area contributed by atoms with Gasteiger partial charge < -0.3 is 9.90 Å². The minimum Gasteiger partial charge on any atom is -0.550 e. The molecular formula is C5H9NaO2S. The van der Waals surface area contributed by atoms with Crippen LogP contribution in [0.25, 0.3) is 0 Å². The van der Waals surface area contributed by atoms with E-state index in [0.717, 1.165) is 0 Å². The van der Waals surface area contributed by atoms with E-state index < -0.39 is 5.97 Å². The van der Waals surface area contributed by atoms with Crippen molar-refractivity contribution in [2.45, 2.75) is 6.92 Å². The van der Waals surface area contributed by atoms with Crippen LogP contribution in [-0.2, 0) is 4.79 Å². The summed E-state index contributed by atoms with van der Waals surface area (Å²) in [6, 6.07) is 0. The molecule has 9 heavy (non-hydrogen) atoms. The minimum absolute atomic E-state index is 0. The molecule has 0 heterocycles. The zero-order valence-electron chi connectivity index (χ0n) is 6.01.